The molecular formula is C10H12N2O3. The van der Waals surface area contributed by atoms with E-state index in [0.717, 1.165) is 0 Å². The van der Waals surface area contributed by atoms with Gasteiger partial charge in [-0.05, 0) is 6.07 Å². The number of aliphatic hydroxyl groups is 1. The Morgan fingerprint density at radius 2 is 2.47 bits per heavy atom. The maximum absolute atomic E-state index is 11.2. The van der Waals surface area contributed by atoms with Crippen molar-refractivity contribution in [1.82, 2.24) is 4.57 Å². The molecule has 0 spiro atoms. The van der Waals surface area contributed by atoms with Gasteiger partial charge in [-0.2, -0.15) is 5.26 Å². The van der Waals surface area contributed by atoms with E-state index < -0.39 is 12.1 Å². The lowest BCUT2D eigenvalue weighted by molar-refractivity contribution is 0.0590. The van der Waals surface area contributed by atoms with E-state index in [1.54, 1.807) is 17.8 Å². The zero-order valence-corrected chi connectivity index (χ0v) is 8.60. The summed E-state index contributed by atoms with van der Waals surface area (Å²) in [6.07, 6.45) is 0.749. The molecule has 5 nitrogen and oxygen atoms in total. The second kappa shape index (κ2) is 4.62. The lowest BCUT2D eigenvalue weighted by Gasteiger charge is -2.00. The molecule has 1 aromatic heterocycles. The van der Waals surface area contributed by atoms with Crippen molar-refractivity contribution in [3.05, 3.63) is 23.5 Å². The third-order valence-corrected chi connectivity index (χ3v) is 2.09. The second-order valence-electron chi connectivity index (χ2n) is 3.14. The third kappa shape index (κ3) is 2.36. The van der Waals surface area contributed by atoms with E-state index in [1.807, 2.05) is 6.07 Å². The van der Waals surface area contributed by atoms with Gasteiger partial charge in [-0.25, -0.2) is 4.79 Å². The molecule has 0 fully saturated rings. The number of hydrogen-bond donors (Lipinski definition) is 1. The van der Waals surface area contributed by atoms with Crippen LogP contribution in [-0.2, 0) is 11.8 Å². The van der Waals surface area contributed by atoms with Crippen molar-refractivity contribution in [3.63, 3.8) is 0 Å². The number of ether oxygens (including phenoxy) is 1. The van der Waals surface area contributed by atoms with Crippen LogP contribution in [0.4, 0.5) is 0 Å². The normalized spacial score (nSPS) is 11.9. The Morgan fingerprint density at radius 3 is 3.00 bits per heavy atom. The molecule has 1 N–H and O–H groups in total. The van der Waals surface area contributed by atoms with Crippen LogP contribution in [0, 0.1) is 11.3 Å². The van der Waals surface area contributed by atoms with Crippen molar-refractivity contribution in [3.8, 4) is 6.07 Å². The first-order valence-electron chi connectivity index (χ1n) is 4.39. The van der Waals surface area contributed by atoms with Crippen molar-refractivity contribution in [2.45, 2.75) is 12.5 Å². The fraction of sp³-hybridized carbons (Fsp3) is 0.400. The molecule has 0 saturated heterocycles. The summed E-state index contributed by atoms with van der Waals surface area (Å²) in [5.74, 6) is -0.465. The van der Waals surface area contributed by atoms with E-state index in [2.05, 4.69) is 4.74 Å². The molecule has 5 heteroatoms. The summed E-state index contributed by atoms with van der Waals surface area (Å²) in [7, 11) is 2.97. The second-order valence-corrected chi connectivity index (χ2v) is 3.14. The molecule has 15 heavy (non-hydrogen) atoms. The van der Waals surface area contributed by atoms with Gasteiger partial charge >= 0.3 is 5.97 Å². The Bertz CT molecular complexity index is 403. The number of rotatable bonds is 3. The van der Waals surface area contributed by atoms with Crippen LogP contribution in [0.15, 0.2) is 12.3 Å². The van der Waals surface area contributed by atoms with E-state index >= 15 is 0 Å². The van der Waals surface area contributed by atoms with Crippen LogP contribution in [0.2, 0.25) is 0 Å². The highest BCUT2D eigenvalue weighted by molar-refractivity contribution is 5.87. The van der Waals surface area contributed by atoms with E-state index in [9.17, 15) is 9.90 Å². The minimum Gasteiger partial charge on any atom is -0.464 e. The molecule has 1 atom stereocenters. The Hall–Kier alpha value is -1.80. The van der Waals surface area contributed by atoms with Gasteiger partial charge in [0.25, 0.3) is 0 Å². The van der Waals surface area contributed by atoms with Gasteiger partial charge in [0.1, 0.15) is 5.69 Å². The first-order chi connectivity index (χ1) is 7.10. The quantitative estimate of drug-likeness (QED) is 0.744. The molecule has 0 aliphatic carbocycles. The van der Waals surface area contributed by atoms with Gasteiger partial charge in [0.05, 0.1) is 25.7 Å². The van der Waals surface area contributed by atoms with Crippen LogP contribution in [-0.4, -0.2) is 22.8 Å². The monoisotopic (exact) mass is 208 g/mol. The average Bonchev–Trinajstić information content (AvgIpc) is 2.60. The maximum atomic E-state index is 11.2. The molecule has 0 amide bonds. The number of carbonyl (C=O) groups excluding carboxylic acids is 1. The Labute approximate surface area is 87.5 Å². The number of aromatic nitrogens is 1. The summed E-state index contributed by atoms with van der Waals surface area (Å²) < 4.78 is 6.12. The highest BCUT2D eigenvalue weighted by Crippen LogP contribution is 2.19. The SMILES string of the molecule is COC(=O)c1cc(C(O)CC#N)cn1C. The van der Waals surface area contributed by atoms with Gasteiger partial charge in [-0.15, -0.1) is 0 Å². The summed E-state index contributed by atoms with van der Waals surface area (Å²) in [4.78, 5) is 11.2. The van der Waals surface area contributed by atoms with Crippen LogP contribution in [0.5, 0.6) is 0 Å². The van der Waals surface area contributed by atoms with Crippen LogP contribution < -0.4 is 0 Å². The van der Waals surface area contributed by atoms with E-state index in [1.165, 1.54) is 13.2 Å². The van der Waals surface area contributed by atoms with Crippen LogP contribution in [0.1, 0.15) is 28.6 Å². The highest BCUT2D eigenvalue weighted by atomic mass is 16.5. The van der Waals surface area contributed by atoms with Crippen LogP contribution in [0.25, 0.3) is 0 Å². The van der Waals surface area contributed by atoms with Crippen molar-refractivity contribution in [2.75, 3.05) is 7.11 Å². The number of esters is 1. The highest BCUT2D eigenvalue weighted by Gasteiger charge is 2.16. The van der Waals surface area contributed by atoms with Gasteiger partial charge < -0.3 is 14.4 Å². The molecule has 1 unspecified atom stereocenters. The minimum absolute atomic E-state index is 0.00459. The van der Waals surface area contributed by atoms with Gasteiger partial charge in [0.15, 0.2) is 0 Å². The predicted octanol–water partition coefficient (Wildman–Crippen LogP) is 0.759. The van der Waals surface area contributed by atoms with E-state index in [-0.39, 0.29) is 6.42 Å². The smallest absolute Gasteiger partial charge is 0.354 e. The summed E-state index contributed by atoms with van der Waals surface area (Å²) in [5, 5.41) is 17.9. The molecule has 0 aliphatic heterocycles. The Morgan fingerprint density at radius 1 is 1.80 bits per heavy atom. The zero-order valence-electron chi connectivity index (χ0n) is 8.60. The van der Waals surface area contributed by atoms with Crippen LogP contribution >= 0.6 is 0 Å². The maximum Gasteiger partial charge on any atom is 0.354 e. The molecule has 0 aromatic carbocycles. The molecule has 0 saturated carbocycles. The number of aryl methyl sites for hydroxylation is 1. The Balaban J connectivity index is 2.96. The van der Waals surface area contributed by atoms with E-state index in [4.69, 9.17) is 5.26 Å². The van der Waals surface area contributed by atoms with Crippen molar-refractivity contribution < 1.29 is 14.6 Å². The summed E-state index contributed by atoms with van der Waals surface area (Å²) in [6.45, 7) is 0. The number of nitrogens with zero attached hydrogens (tertiary/aromatic N) is 2. The number of aliphatic hydroxyl groups excluding tert-OH is 1. The topological polar surface area (TPSA) is 75.2 Å². The number of nitriles is 1. The largest absolute Gasteiger partial charge is 0.464 e. The fourth-order valence-corrected chi connectivity index (χ4v) is 1.28. The number of hydrogen-bond acceptors (Lipinski definition) is 4. The zero-order chi connectivity index (χ0) is 11.4. The van der Waals surface area contributed by atoms with Crippen molar-refractivity contribution in [1.29, 1.82) is 5.26 Å². The fourth-order valence-electron chi connectivity index (χ4n) is 1.28. The molecular weight excluding hydrogens is 196 g/mol. The molecule has 1 heterocycles. The molecule has 0 aliphatic rings. The average molecular weight is 208 g/mol. The van der Waals surface area contributed by atoms with Gasteiger partial charge in [0, 0.05) is 18.8 Å². The summed E-state index contributed by atoms with van der Waals surface area (Å²) in [5.41, 5.74) is 0.893. The van der Waals surface area contributed by atoms with E-state index in [0.29, 0.717) is 11.3 Å². The van der Waals surface area contributed by atoms with Crippen molar-refractivity contribution >= 4 is 5.97 Å². The molecule has 80 valence electrons. The predicted molar refractivity (Wildman–Crippen MR) is 51.9 cm³/mol. The standard InChI is InChI=1S/C10H12N2O3/c1-12-6-7(9(13)3-4-11)5-8(12)10(14)15-2/h5-6,9,13H,3H2,1-2H3. The molecule has 0 bridgehead atoms. The first-order valence-corrected chi connectivity index (χ1v) is 4.39. The van der Waals surface area contributed by atoms with Gasteiger partial charge in [0.2, 0.25) is 0 Å². The molecule has 1 rings (SSSR count). The molecule has 0 radical (unpaired) electrons. The number of methoxy groups -OCH3 is 1. The summed E-state index contributed by atoms with van der Waals surface area (Å²) in [6, 6.07) is 3.38. The van der Waals surface area contributed by atoms with Gasteiger partial charge in [-0.3, -0.25) is 0 Å². The lowest BCUT2D eigenvalue weighted by Crippen LogP contribution is -2.06. The summed E-state index contributed by atoms with van der Waals surface area (Å²) >= 11 is 0. The third-order valence-electron chi connectivity index (χ3n) is 2.09. The number of carbonyl (C=O) groups is 1. The molecule has 1 aromatic rings. The Kier molecular flexibility index (Phi) is 3.47. The van der Waals surface area contributed by atoms with Crippen molar-refractivity contribution in [2.24, 2.45) is 7.05 Å². The first kappa shape index (κ1) is 11.3. The van der Waals surface area contributed by atoms with Crippen LogP contribution in [0.3, 0.4) is 0 Å². The lowest BCUT2D eigenvalue weighted by atomic mass is 10.1. The van der Waals surface area contributed by atoms with Gasteiger partial charge in [-0.1, -0.05) is 0 Å². The minimum atomic E-state index is -0.861.